The van der Waals surface area contributed by atoms with Crippen LogP contribution in [0.25, 0.3) is 0 Å². The van der Waals surface area contributed by atoms with Gasteiger partial charge in [0, 0.05) is 20.3 Å². The average molecular weight is 161 g/mol. The summed E-state index contributed by atoms with van der Waals surface area (Å²) in [5, 5.41) is 0. The molecule has 0 N–H and O–H groups in total. The molecule has 58 valence electrons. The van der Waals surface area contributed by atoms with Gasteiger partial charge in [0.15, 0.2) is 0 Å². The molecule has 0 aromatic carbocycles. The van der Waals surface area contributed by atoms with Gasteiger partial charge in [-0.3, -0.25) is 4.57 Å². The van der Waals surface area contributed by atoms with Crippen LogP contribution < -0.4 is 0 Å². The zero-order valence-corrected chi connectivity index (χ0v) is 7.39. The lowest BCUT2D eigenvalue weighted by atomic mass is 10.8. The molecule has 0 atom stereocenters. The molecule has 0 rings (SSSR count). The minimum absolute atomic E-state index is 0.0671. The minimum Gasteiger partial charge on any atom is -0.485 e. The largest absolute Gasteiger partial charge is 0.485 e. The fourth-order valence-electron chi connectivity index (χ4n) is 0.456. The van der Waals surface area contributed by atoms with Crippen molar-refractivity contribution in [2.75, 3.05) is 20.7 Å². The molecule has 4 heteroatoms. The summed E-state index contributed by atoms with van der Waals surface area (Å²) in [7, 11) is 3.64. The van der Waals surface area contributed by atoms with Gasteiger partial charge in [-0.2, -0.15) is 0 Å². The zero-order valence-electron chi connectivity index (χ0n) is 6.50. The van der Waals surface area contributed by atoms with Crippen LogP contribution in [0.2, 0.25) is 0 Å². The van der Waals surface area contributed by atoms with Crippen molar-refractivity contribution < 1.29 is 9.30 Å². The standard InChI is InChI=1S/C6H12NO2P/c1-4-9-6(10-8)5-7(2)3/h5H,4H2,1-3H3. The van der Waals surface area contributed by atoms with Crippen LogP contribution in [0.4, 0.5) is 0 Å². The molecule has 0 spiro atoms. The first-order valence-electron chi connectivity index (χ1n) is 3.05. The fourth-order valence-corrected chi connectivity index (χ4v) is 0.916. The van der Waals surface area contributed by atoms with Crippen molar-refractivity contribution in [3.05, 3.63) is 11.7 Å². The first-order valence-corrected chi connectivity index (χ1v) is 3.86. The molecule has 0 radical (unpaired) electrons. The van der Waals surface area contributed by atoms with E-state index in [1.165, 1.54) is 0 Å². The SMILES string of the molecule is CCOC(=CN(C)C)P=O. The fraction of sp³-hybridized carbons (Fsp3) is 0.667. The van der Waals surface area contributed by atoms with E-state index >= 15 is 0 Å². The van der Waals surface area contributed by atoms with Crippen molar-refractivity contribution in [2.24, 2.45) is 0 Å². The third-order valence-corrected chi connectivity index (χ3v) is 1.18. The third-order valence-electron chi connectivity index (χ3n) is 0.751. The summed E-state index contributed by atoms with van der Waals surface area (Å²) in [5.41, 5.74) is 0.465. The zero-order chi connectivity index (χ0) is 7.98. The summed E-state index contributed by atoms with van der Waals surface area (Å²) in [6, 6.07) is 0. The highest BCUT2D eigenvalue weighted by Crippen LogP contribution is 2.12. The molecule has 0 aromatic rings. The van der Waals surface area contributed by atoms with Crippen molar-refractivity contribution in [1.82, 2.24) is 4.90 Å². The second kappa shape index (κ2) is 5.24. The summed E-state index contributed by atoms with van der Waals surface area (Å²) in [6.45, 7) is 2.41. The van der Waals surface area contributed by atoms with Gasteiger partial charge in [0.2, 0.25) is 14.0 Å². The monoisotopic (exact) mass is 161 g/mol. The van der Waals surface area contributed by atoms with Crippen molar-refractivity contribution in [3.8, 4) is 0 Å². The Kier molecular flexibility index (Phi) is 4.95. The molecule has 0 aliphatic rings. The lowest BCUT2D eigenvalue weighted by molar-refractivity contribution is 0.248. The molecule has 0 bridgehead atoms. The topological polar surface area (TPSA) is 29.5 Å². The first-order chi connectivity index (χ1) is 4.70. The Morgan fingerprint density at radius 3 is 2.60 bits per heavy atom. The van der Waals surface area contributed by atoms with E-state index < -0.39 is 0 Å². The van der Waals surface area contributed by atoms with Crippen LogP contribution in [-0.2, 0) is 9.30 Å². The van der Waals surface area contributed by atoms with Gasteiger partial charge in [0.25, 0.3) is 0 Å². The first kappa shape index (κ1) is 9.44. The second-order valence-electron chi connectivity index (χ2n) is 1.96. The molecular formula is C6H12NO2P. The molecule has 0 saturated carbocycles. The van der Waals surface area contributed by atoms with Crippen LogP contribution in [-0.4, -0.2) is 25.6 Å². The van der Waals surface area contributed by atoms with Gasteiger partial charge in [-0.25, -0.2) is 0 Å². The molecule has 0 saturated heterocycles. The molecule has 0 heterocycles. The number of hydrogen-bond donors (Lipinski definition) is 0. The van der Waals surface area contributed by atoms with Gasteiger partial charge < -0.3 is 9.64 Å². The van der Waals surface area contributed by atoms with E-state index in [0.29, 0.717) is 12.1 Å². The van der Waals surface area contributed by atoms with Crippen molar-refractivity contribution in [2.45, 2.75) is 6.92 Å². The summed E-state index contributed by atoms with van der Waals surface area (Å²) < 4.78 is 15.3. The summed E-state index contributed by atoms with van der Waals surface area (Å²) in [6.07, 6.45) is 1.68. The van der Waals surface area contributed by atoms with E-state index in [2.05, 4.69) is 0 Å². The van der Waals surface area contributed by atoms with Crippen LogP contribution in [0.1, 0.15) is 6.92 Å². The van der Waals surface area contributed by atoms with Crippen LogP contribution in [0.15, 0.2) is 11.7 Å². The Morgan fingerprint density at radius 1 is 1.70 bits per heavy atom. The molecule has 0 amide bonds. The normalized spacial score (nSPS) is 11.7. The van der Waals surface area contributed by atoms with Gasteiger partial charge in [-0.05, 0) is 6.92 Å². The van der Waals surface area contributed by atoms with Crippen LogP contribution in [0.5, 0.6) is 0 Å². The van der Waals surface area contributed by atoms with E-state index in [4.69, 9.17) is 4.74 Å². The summed E-state index contributed by atoms with van der Waals surface area (Å²) in [5.74, 6) is 0. The van der Waals surface area contributed by atoms with Crippen molar-refractivity contribution in [3.63, 3.8) is 0 Å². The highest BCUT2D eigenvalue weighted by atomic mass is 31.1. The highest BCUT2D eigenvalue weighted by Gasteiger charge is 1.94. The Labute approximate surface area is 62.9 Å². The molecule has 0 fully saturated rings. The van der Waals surface area contributed by atoms with Crippen LogP contribution in [0.3, 0.4) is 0 Å². The quantitative estimate of drug-likeness (QED) is 0.464. The number of hydrogen-bond acceptors (Lipinski definition) is 3. The lowest BCUT2D eigenvalue weighted by Crippen LogP contribution is -2.02. The van der Waals surface area contributed by atoms with Crippen LogP contribution >= 0.6 is 8.46 Å². The smallest absolute Gasteiger partial charge is 0.232 e. The van der Waals surface area contributed by atoms with Crippen LogP contribution in [0, 0.1) is 0 Å². The molecule has 10 heavy (non-hydrogen) atoms. The maximum absolute atomic E-state index is 10.3. The second-order valence-corrected chi connectivity index (χ2v) is 2.58. The highest BCUT2D eigenvalue weighted by molar-refractivity contribution is 7.28. The molecule has 0 aromatic heterocycles. The summed E-state index contributed by atoms with van der Waals surface area (Å²) in [4.78, 5) is 1.79. The van der Waals surface area contributed by atoms with Gasteiger partial charge in [0.05, 0.1) is 6.61 Å². The van der Waals surface area contributed by atoms with E-state index in [-0.39, 0.29) is 8.46 Å². The number of ether oxygens (including phenoxy) is 1. The third kappa shape index (κ3) is 4.33. The van der Waals surface area contributed by atoms with E-state index in [1.807, 2.05) is 21.0 Å². The average Bonchev–Trinajstić information content (AvgIpc) is 1.86. The number of nitrogens with zero attached hydrogens (tertiary/aromatic N) is 1. The Balaban J connectivity index is 3.90. The van der Waals surface area contributed by atoms with Crippen molar-refractivity contribution >= 4 is 8.46 Å². The Bertz CT molecular complexity index is 134. The predicted octanol–water partition coefficient (Wildman–Crippen LogP) is 1.68. The van der Waals surface area contributed by atoms with Gasteiger partial charge in [-0.15, -0.1) is 0 Å². The van der Waals surface area contributed by atoms with Crippen molar-refractivity contribution in [1.29, 1.82) is 0 Å². The molecule has 0 aliphatic heterocycles. The molecule has 0 aliphatic carbocycles. The van der Waals surface area contributed by atoms with Gasteiger partial charge in [0.1, 0.15) is 0 Å². The van der Waals surface area contributed by atoms with E-state index in [9.17, 15) is 4.57 Å². The van der Waals surface area contributed by atoms with E-state index in [0.717, 1.165) is 0 Å². The maximum Gasteiger partial charge on any atom is 0.232 e. The lowest BCUT2D eigenvalue weighted by Gasteiger charge is -2.06. The van der Waals surface area contributed by atoms with Gasteiger partial charge >= 0.3 is 0 Å². The molecule has 0 unspecified atom stereocenters. The Hall–Kier alpha value is -0.560. The summed E-state index contributed by atoms with van der Waals surface area (Å²) >= 11 is 0. The number of rotatable bonds is 4. The molecule has 3 nitrogen and oxygen atoms in total. The van der Waals surface area contributed by atoms with E-state index in [1.54, 1.807) is 11.1 Å². The molecular weight excluding hydrogens is 149 g/mol. The van der Waals surface area contributed by atoms with Gasteiger partial charge in [-0.1, -0.05) is 0 Å². The minimum atomic E-state index is -0.0671. The predicted molar refractivity (Wildman–Crippen MR) is 41.0 cm³/mol. The Morgan fingerprint density at radius 2 is 2.30 bits per heavy atom. The maximum atomic E-state index is 10.3.